The number of halogens is 4. The summed E-state index contributed by atoms with van der Waals surface area (Å²) in [4.78, 5) is 5.00. The first-order valence-electron chi connectivity index (χ1n) is 8.74. The van der Waals surface area contributed by atoms with Gasteiger partial charge in [0.25, 0.3) is 0 Å². The van der Waals surface area contributed by atoms with E-state index in [-0.39, 0.29) is 24.8 Å². The van der Waals surface area contributed by atoms with Gasteiger partial charge in [-0.2, -0.15) is 0 Å². The van der Waals surface area contributed by atoms with Gasteiger partial charge in [-0.15, -0.1) is 24.8 Å². The molecular weight excluding hydrogens is 470 g/mol. The first-order valence-corrected chi connectivity index (χ1v) is 9.91. The van der Waals surface area contributed by atoms with Crippen molar-refractivity contribution in [1.29, 1.82) is 0 Å². The van der Waals surface area contributed by atoms with Gasteiger partial charge < -0.3 is 9.64 Å². The van der Waals surface area contributed by atoms with Gasteiger partial charge in [0.2, 0.25) is 0 Å². The third-order valence-corrected chi connectivity index (χ3v) is 5.38. The van der Waals surface area contributed by atoms with Crippen molar-refractivity contribution in [2.24, 2.45) is 0 Å². The Bertz CT molecular complexity index is 692. The number of nitrogens with zero attached hydrogens (tertiary/aromatic N) is 2. The second-order valence-corrected chi connectivity index (χ2v) is 7.73. The van der Waals surface area contributed by atoms with Gasteiger partial charge in [-0.1, -0.05) is 46.6 Å². The Labute approximate surface area is 188 Å². The van der Waals surface area contributed by atoms with E-state index in [1.807, 2.05) is 30.3 Å². The zero-order valence-electron chi connectivity index (χ0n) is 15.4. The molecule has 0 spiro atoms. The van der Waals surface area contributed by atoms with Gasteiger partial charge in [0.15, 0.2) is 0 Å². The van der Waals surface area contributed by atoms with Crippen LogP contribution in [0, 0.1) is 0 Å². The molecule has 0 atom stereocenters. The molecule has 0 saturated carbocycles. The van der Waals surface area contributed by atoms with Gasteiger partial charge >= 0.3 is 0 Å². The first-order chi connectivity index (χ1) is 12.1. The summed E-state index contributed by atoms with van der Waals surface area (Å²) in [7, 11) is 0. The van der Waals surface area contributed by atoms with Crippen LogP contribution in [0.4, 0.5) is 0 Å². The molecule has 150 valence electrons. The number of likely N-dealkylation sites (N-methyl/N-ethyl adjacent to an activating group) is 1. The molecule has 27 heavy (non-hydrogen) atoms. The summed E-state index contributed by atoms with van der Waals surface area (Å²) < 4.78 is 7.19. The average Bonchev–Trinajstić information content (AvgIpc) is 2.63. The van der Waals surface area contributed by atoms with Crippen LogP contribution in [0.2, 0.25) is 5.02 Å². The Kier molecular flexibility index (Phi) is 11.0. The molecule has 1 aliphatic rings. The lowest BCUT2D eigenvalue weighted by Crippen LogP contribution is -2.45. The van der Waals surface area contributed by atoms with E-state index in [4.69, 9.17) is 16.3 Å². The number of hydrogen-bond acceptors (Lipinski definition) is 3. The number of benzene rings is 2. The predicted molar refractivity (Wildman–Crippen MR) is 122 cm³/mol. The quantitative estimate of drug-likeness (QED) is 0.513. The molecule has 1 saturated heterocycles. The molecular formula is C20H26BrCl3N2O. The zero-order valence-corrected chi connectivity index (χ0v) is 19.3. The van der Waals surface area contributed by atoms with Gasteiger partial charge in [0.1, 0.15) is 12.4 Å². The van der Waals surface area contributed by atoms with E-state index in [2.05, 4.69) is 44.8 Å². The fourth-order valence-corrected chi connectivity index (χ4v) is 3.59. The van der Waals surface area contributed by atoms with Crippen molar-refractivity contribution >= 4 is 52.3 Å². The Morgan fingerprint density at radius 3 is 2.22 bits per heavy atom. The number of piperazine rings is 1. The number of rotatable bonds is 6. The van der Waals surface area contributed by atoms with E-state index in [1.54, 1.807) is 0 Å². The highest BCUT2D eigenvalue weighted by Crippen LogP contribution is 2.26. The maximum Gasteiger partial charge on any atom is 0.124 e. The van der Waals surface area contributed by atoms with Crippen LogP contribution in [0.15, 0.2) is 46.9 Å². The topological polar surface area (TPSA) is 15.7 Å². The van der Waals surface area contributed by atoms with Gasteiger partial charge in [-0.3, -0.25) is 4.90 Å². The molecule has 1 fully saturated rings. The highest BCUT2D eigenvalue weighted by molar-refractivity contribution is 9.10. The van der Waals surface area contributed by atoms with Crippen molar-refractivity contribution in [3.8, 4) is 5.75 Å². The van der Waals surface area contributed by atoms with Gasteiger partial charge in [0, 0.05) is 47.8 Å². The molecule has 7 heteroatoms. The molecule has 1 heterocycles. The van der Waals surface area contributed by atoms with Crippen LogP contribution in [-0.4, -0.2) is 42.5 Å². The minimum atomic E-state index is 0. The van der Waals surface area contributed by atoms with E-state index in [0.29, 0.717) is 6.61 Å². The molecule has 0 N–H and O–H groups in total. The summed E-state index contributed by atoms with van der Waals surface area (Å²) in [6.07, 6.45) is 0. The third kappa shape index (κ3) is 7.45. The molecule has 3 rings (SSSR count). The molecule has 0 aromatic heterocycles. The van der Waals surface area contributed by atoms with E-state index in [0.717, 1.165) is 60.1 Å². The fraction of sp³-hybridized carbons (Fsp3) is 0.400. The van der Waals surface area contributed by atoms with Crippen molar-refractivity contribution in [2.45, 2.75) is 20.1 Å². The Morgan fingerprint density at radius 2 is 1.59 bits per heavy atom. The Morgan fingerprint density at radius 1 is 0.963 bits per heavy atom. The molecule has 0 radical (unpaired) electrons. The number of hydrogen-bond donors (Lipinski definition) is 0. The second kappa shape index (κ2) is 12.2. The molecule has 2 aromatic carbocycles. The maximum atomic E-state index is 6.10. The van der Waals surface area contributed by atoms with Crippen molar-refractivity contribution < 1.29 is 4.74 Å². The van der Waals surface area contributed by atoms with Crippen LogP contribution in [0.1, 0.15) is 18.1 Å². The lowest BCUT2D eigenvalue weighted by atomic mass is 10.1. The summed E-state index contributed by atoms with van der Waals surface area (Å²) in [5.74, 6) is 0.955. The zero-order chi connectivity index (χ0) is 17.6. The highest BCUT2D eigenvalue weighted by atomic mass is 79.9. The van der Waals surface area contributed by atoms with Crippen molar-refractivity contribution in [3.05, 3.63) is 63.1 Å². The maximum absolute atomic E-state index is 6.10. The SMILES string of the molecule is CCN1CCN(Cc2cc(Br)ccc2OCc2ccc(Cl)cc2)CC1.Cl.Cl. The molecule has 0 bridgehead atoms. The van der Waals surface area contributed by atoms with Crippen molar-refractivity contribution in [1.82, 2.24) is 9.80 Å². The molecule has 0 unspecified atom stereocenters. The van der Waals surface area contributed by atoms with E-state index >= 15 is 0 Å². The Hall–Kier alpha value is -0.490. The molecule has 3 nitrogen and oxygen atoms in total. The van der Waals surface area contributed by atoms with Crippen LogP contribution in [0.3, 0.4) is 0 Å². The lowest BCUT2D eigenvalue weighted by Gasteiger charge is -2.34. The Balaban J connectivity index is 0.00000182. The number of ether oxygens (including phenoxy) is 1. The lowest BCUT2D eigenvalue weighted by molar-refractivity contribution is 0.130. The van der Waals surface area contributed by atoms with Crippen LogP contribution in [0.5, 0.6) is 5.75 Å². The van der Waals surface area contributed by atoms with Crippen molar-refractivity contribution in [3.63, 3.8) is 0 Å². The largest absolute Gasteiger partial charge is 0.489 e. The highest BCUT2D eigenvalue weighted by Gasteiger charge is 2.17. The smallest absolute Gasteiger partial charge is 0.124 e. The normalized spacial score (nSPS) is 14.9. The molecule has 2 aromatic rings. The van der Waals surface area contributed by atoms with Crippen LogP contribution >= 0.6 is 52.3 Å². The molecule has 1 aliphatic heterocycles. The van der Waals surface area contributed by atoms with Gasteiger partial charge in [-0.25, -0.2) is 0 Å². The monoisotopic (exact) mass is 494 g/mol. The summed E-state index contributed by atoms with van der Waals surface area (Å²) in [5, 5.41) is 0.749. The van der Waals surface area contributed by atoms with Crippen LogP contribution in [-0.2, 0) is 13.2 Å². The minimum Gasteiger partial charge on any atom is -0.489 e. The average molecular weight is 497 g/mol. The second-order valence-electron chi connectivity index (χ2n) is 6.38. The molecule has 0 amide bonds. The van der Waals surface area contributed by atoms with E-state index in [9.17, 15) is 0 Å². The predicted octanol–water partition coefficient (Wildman–Crippen LogP) is 5.66. The van der Waals surface area contributed by atoms with Gasteiger partial charge in [0.05, 0.1) is 0 Å². The summed E-state index contributed by atoms with van der Waals surface area (Å²) in [6, 6.07) is 14.1. The first kappa shape index (κ1) is 24.5. The molecule has 0 aliphatic carbocycles. The fourth-order valence-electron chi connectivity index (χ4n) is 3.06. The summed E-state index contributed by atoms with van der Waals surface area (Å²) in [5.41, 5.74) is 2.35. The third-order valence-electron chi connectivity index (χ3n) is 4.64. The van der Waals surface area contributed by atoms with Crippen molar-refractivity contribution in [2.75, 3.05) is 32.7 Å². The minimum absolute atomic E-state index is 0. The standard InChI is InChI=1S/C20H24BrClN2O.2ClH/c1-2-23-9-11-24(12-10-23)14-17-13-18(21)5-8-20(17)25-15-16-3-6-19(22)7-4-16;;/h3-8,13H,2,9-12,14-15H2,1H3;2*1H. The summed E-state index contributed by atoms with van der Waals surface area (Å²) >= 11 is 9.53. The van der Waals surface area contributed by atoms with Crippen LogP contribution < -0.4 is 4.74 Å². The van der Waals surface area contributed by atoms with Crippen LogP contribution in [0.25, 0.3) is 0 Å². The van der Waals surface area contributed by atoms with E-state index in [1.165, 1.54) is 5.56 Å². The summed E-state index contributed by atoms with van der Waals surface area (Å²) in [6.45, 7) is 9.35. The van der Waals surface area contributed by atoms with E-state index < -0.39 is 0 Å². The van der Waals surface area contributed by atoms with Gasteiger partial charge in [-0.05, 0) is 42.4 Å².